The molecule has 8 rings (SSSR count). The molecule has 2 bridgehead atoms. The molecular weight excluding hydrogens is 470 g/mol. The monoisotopic (exact) mass is 489 g/mol. The Morgan fingerprint density at radius 3 is 1.57 bits per heavy atom. The molecule has 0 radical (unpaired) electrons. The van der Waals surface area contributed by atoms with Crippen molar-refractivity contribution in [1.29, 1.82) is 0 Å². The summed E-state index contributed by atoms with van der Waals surface area (Å²) in [4.78, 5) is 26.1. The number of nitrogens with one attached hydrogen (secondary N) is 1. The van der Waals surface area contributed by atoms with Crippen molar-refractivity contribution >= 4 is 65.8 Å². The van der Waals surface area contributed by atoms with Gasteiger partial charge in [-0.25, -0.2) is 0 Å². The summed E-state index contributed by atoms with van der Waals surface area (Å²) in [6.07, 6.45) is 3.35. The summed E-state index contributed by atoms with van der Waals surface area (Å²) in [5.74, 6) is -0.544. The minimum atomic E-state index is -4.67. The average Bonchev–Trinajstić information content (AvgIpc) is 3.51. The highest BCUT2D eigenvalue weighted by Crippen LogP contribution is 2.53. The van der Waals surface area contributed by atoms with Crippen LogP contribution >= 0.6 is 0 Å². The third kappa shape index (κ3) is 2.67. The summed E-state index contributed by atoms with van der Waals surface area (Å²) in [6, 6.07) is 17.5. The van der Waals surface area contributed by atoms with Crippen LogP contribution in [-0.2, 0) is 10.4 Å². The molecule has 3 aromatic carbocycles. The molecule has 2 amide bonds. The number of hydrogen-bond acceptors (Lipinski definition) is 4. The van der Waals surface area contributed by atoms with Gasteiger partial charge in [-0.05, 0) is 31.4 Å². The lowest BCUT2D eigenvalue weighted by molar-refractivity contribution is 0.0880. The van der Waals surface area contributed by atoms with Crippen molar-refractivity contribution in [2.24, 2.45) is 0 Å². The molecule has 2 aromatic heterocycles. The van der Waals surface area contributed by atoms with Crippen molar-refractivity contribution in [3.63, 3.8) is 0 Å². The van der Waals surface area contributed by atoms with Gasteiger partial charge >= 0.3 is 10.4 Å². The van der Waals surface area contributed by atoms with E-state index in [2.05, 4.69) is 50.8 Å². The number of aromatic nitrogens is 2. The Kier molecular flexibility index (Phi) is 3.94. The molecule has 35 heavy (non-hydrogen) atoms. The lowest BCUT2D eigenvalue weighted by Crippen LogP contribution is -2.20. The molecule has 10 heteroatoms. The third-order valence-corrected chi connectivity index (χ3v) is 7.58. The van der Waals surface area contributed by atoms with E-state index in [0.717, 1.165) is 51.8 Å². The molecule has 3 aliphatic rings. The summed E-state index contributed by atoms with van der Waals surface area (Å²) in [5.41, 5.74) is 5.69. The summed E-state index contributed by atoms with van der Waals surface area (Å²) >= 11 is 0. The van der Waals surface area contributed by atoms with Crippen LogP contribution in [0.25, 0.3) is 43.6 Å². The first-order valence-corrected chi connectivity index (χ1v) is 12.7. The van der Waals surface area contributed by atoms with Gasteiger partial charge in [-0.2, -0.15) is 8.42 Å². The number of hydrogen-bond donors (Lipinski definition) is 3. The minimum absolute atomic E-state index is 0.272. The zero-order valence-electron chi connectivity index (χ0n) is 18.2. The van der Waals surface area contributed by atoms with Gasteiger partial charge in [0.1, 0.15) is 0 Å². The molecule has 4 heterocycles. The van der Waals surface area contributed by atoms with E-state index in [0.29, 0.717) is 23.2 Å². The summed E-state index contributed by atoms with van der Waals surface area (Å²) < 4.78 is 36.5. The zero-order valence-corrected chi connectivity index (χ0v) is 19.0. The summed E-state index contributed by atoms with van der Waals surface area (Å²) in [7, 11) is -4.67. The Labute approximate surface area is 198 Å². The smallest absolute Gasteiger partial charge is 0.336 e. The van der Waals surface area contributed by atoms with E-state index in [4.69, 9.17) is 17.5 Å². The van der Waals surface area contributed by atoms with Crippen LogP contribution in [0.4, 0.5) is 0 Å². The standard InChI is InChI=1S/C25H17N3O2.H2O4S/c29-24-20-18-14-5-1-3-7-16(14)27-12-9-10-13(11-12)28-17-8-4-2-6-15(17)19(23(28)22(18)27)21(20)25(30)26-24;1-5(2,3)4/h1-8,12-13H,9-11H2,(H,26,29,30);(H2,1,2,3,4). The van der Waals surface area contributed by atoms with Crippen LogP contribution in [0.2, 0.25) is 0 Å². The maximum Gasteiger partial charge on any atom is 0.394 e. The highest BCUT2D eigenvalue weighted by Gasteiger charge is 2.41. The molecule has 1 saturated carbocycles. The van der Waals surface area contributed by atoms with Crippen molar-refractivity contribution < 1.29 is 27.1 Å². The van der Waals surface area contributed by atoms with Gasteiger partial charge < -0.3 is 9.13 Å². The Morgan fingerprint density at radius 2 is 1.14 bits per heavy atom. The number of imide groups is 1. The van der Waals surface area contributed by atoms with Crippen LogP contribution in [0.15, 0.2) is 48.5 Å². The number of nitrogens with zero attached hydrogens (tertiary/aromatic N) is 2. The van der Waals surface area contributed by atoms with E-state index >= 15 is 0 Å². The van der Waals surface area contributed by atoms with E-state index in [1.165, 1.54) is 11.0 Å². The fraction of sp³-hybridized carbons (Fsp3) is 0.200. The van der Waals surface area contributed by atoms with E-state index in [1.54, 1.807) is 0 Å². The number of amides is 2. The maximum atomic E-state index is 13.0. The molecule has 5 aromatic rings. The van der Waals surface area contributed by atoms with E-state index in [1.807, 2.05) is 12.1 Å². The lowest BCUT2D eigenvalue weighted by atomic mass is 9.96. The van der Waals surface area contributed by atoms with Gasteiger partial charge in [0.05, 0.1) is 22.2 Å². The normalized spacial score (nSPS) is 20.5. The number of carbonyl (C=O) groups is 2. The second-order valence-corrected chi connectivity index (χ2v) is 10.2. The van der Waals surface area contributed by atoms with Crippen molar-refractivity contribution in [2.45, 2.75) is 31.3 Å². The van der Waals surface area contributed by atoms with Crippen LogP contribution in [0.1, 0.15) is 52.1 Å². The van der Waals surface area contributed by atoms with Gasteiger partial charge in [0.25, 0.3) is 11.8 Å². The highest BCUT2D eigenvalue weighted by molar-refractivity contribution is 7.79. The van der Waals surface area contributed by atoms with Crippen LogP contribution in [0.5, 0.6) is 0 Å². The number of para-hydroxylation sites is 2. The molecule has 2 unspecified atom stereocenters. The first-order valence-electron chi connectivity index (χ1n) is 11.3. The maximum absolute atomic E-state index is 13.0. The van der Waals surface area contributed by atoms with Crippen LogP contribution in [0, 0.1) is 0 Å². The van der Waals surface area contributed by atoms with Crippen molar-refractivity contribution in [1.82, 2.24) is 14.5 Å². The Balaban J connectivity index is 0.000000386. The van der Waals surface area contributed by atoms with E-state index in [-0.39, 0.29) is 11.8 Å². The molecule has 1 fully saturated rings. The fourth-order valence-corrected chi connectivity index (χ4v) is 6.59. The SMILES string of the molecule is O=C1NC(=O)c2c1c1c3ccccc3n3c1c1c2c2ccccc2n1C1CCC3C1.O=S(=O)(O)O. The highest BCUT2D eigenvalue weighted by atomic mass is 32.3. The van der Waals surface area contributed by atoms with Gasteiger partial charge in [0, 0.05) is 44.7 Å². The quantitative estimate of drug-likeness (QED) is 0.218. The first kappa shape index (κ1) is 20.6. The van der Waals surface area contributed by atoms with Gasteiger partial charge in [-0.3, -0.25) is 24.0 Å². The molecule has 0 saturated heterocycles. The topological polar surface area (TPSA) is 131 Å². The van der Waals surface area contributed by atoms with Gasteiger partial charge in [0.15, 0.2) is 0 Å². The largest absolute Gasteiger partial charge is 0.394 e. The van der Waals surface area contributed by atoms with Gasteiger partial charge in [-0.15, -0.1) is 0 Å². The van der Waals surface area contributed by atoms with Crippen LogP contribution in [0.3, 0.4) is 0 Å². The van der Waals surface area contributed by atoms with Crippen LogP contribution in [-0.4, -0.2) is 38.5 Å². The van der Waals surface area contributed by atoms with Crippen LogP contribution < -0.4 is 5.32 Å². The predicted octanol–water partition coefficient (Wildman–Crippen LogP) is 4.41. The number of rotatable bonds is 0. The summed E-state index contributed by atoms with van der Waals surface area (Å²) in [5, 5.41) is 6.60. The number of benzene rings is 3. The molecule has 176 valence electrons. The van der Waals surface area contributed by atoms with Crippen molar-refractivity contribution in [2.75, 3.05) is 0 Å². The van der Waals surface area contributed by atoms with Gasteiger partial charge in [-0.1, -0.05) is 36.4 Å². The second kappa shape index (κ2) is 6.69. The fourth-order valence-electron chi connectivity index (χ4n) is 6.59. The average molecular weight is 490 g/mol. The van der Waals surface area contributed by atoms with Crippen molar-refractivity contribution in [3.8, 4) is 0 Å². The molecule has 9 nitrogen and oxygen atoms in total. The molecule has 1 aliphatic carbocycles. The third-order valence-electron chi connectivity index (χ3n) is 7.58. The van der Waals surface area contributed by atoms with Gasteiger partial charge in [0.2, 0.25) is 0 Å². The molecule has 2 aliphatic heterocycles. The number of carbonyl (C=O) groups excluding carboxylic acids is 2. The Hall–Kier alpha value is -3.73. The predicted molar refractivity (Wildman–Crippen MR) is 130 cm³/mol. The number of fused-ring (bicyclic) bond motifs is 13. The Bertz CT molecular complexity index is 1770. The Morgan fingerprint density at radius 1 is 0.743 bits per heavy atom. The zero-order chi connectivity index (χ0) is 24.2. The van der Waals surface area contributed by atoms with E-state index < -0.39 is 10.4 Å². The summed E-state index contributed by atoms with van der Waals surface area (Å²) in [6.45, 7) is 0. The first-order chi connectivity index (χ1) is 16.7. The second-order valence-electron chi connectivity index (χ2n) is 9.32. The molecular formula is C25H19N3O6S. The lowest BCUT2D eigenvalue weighted by Gasteiger charge is -2.16. The van der Waals surface area contributed by atoms with E-state index in [9.17, 15) is 9.59 Å². The van der Waals surface area contributed by atoms with Crippen molar-refractivity contribution in [3.05, 3.63) is 59.7 Å². The molecule has 2 atom stereocenters. The molecule has 3 N–H and O–H groups in total. The minimum Gasteiger partial charge on any atom is -0.336 e. The molecule has 0 spiro atoms.